The van der Waals surface area contributed by atoms with Gasteiger partial charge in [0.15, 0.2) is 0 Å². The first-order chi connectivity index (χ1) is 13.7. The SMILES string of the molecule is NCCCCCCCCCCCCc1ccc(NC2CCC(=O)NC2=O)cc1. The molecule has 1 aromatic carbocycles. The highest BCUT2D eigenvalue weighted by atomic mass is 16.2. The van der Waals surface area contributed by atoms with E-state index in [4.69, 9.17) is 5.73 Å². The Labute approximate surface area is 169 Å². The average Bonchev–Trinajstić information content (AvgIpc) is 2.69. The molecule has 2 amide bonds. The van der Waals surface area contributed by atoms with E-state index in [-0.39, 0.29) is 17.9 Å². The number of piperidine rings is 1. The zero-order valence-electron chi connectivity index (χ0n) is 17.2. The zero-order valence-corrected chi connectivity index (χ0v) is 17.2. The lowest BCUT2D eigenvalue weighted by Crippen LogP contribution is -2.47. The van der Waals surface area contributed by atoms with Gasteiger partial charge in [0, 0.05) is 12.1 Å². The summed E-state index contributed by atoms with van der Waals surface area (Å²) in [5.41, 5.74) is 7.78. The molecule has 5 heteroatoms. The number of imide groups is 1. The van der Waals surface area contributed by atoms with Gasteiger partial charge in [0.05, 0.1) is 0 Å². The Morgan fingerprint density at radius 3 is 2.00 bits per heavy atom. The van der Waals surface area contributed by atoms with Crippen molar-refractivity contribution >= 4 is 17.5 Å². The van der Waals surface area contributed by atoms with Crippen LogP contribution in [0.3, 0.4) is 0 Å². The maximum atomic E-state index is 11.8. The molecule has 0 radical (unpaired) electrons. The van der Waals surface area contributed by atoms with Crippen LogP contribution in [0, 0.1) is 0 Å². The molecule has 4 N–H and O–H groups in total. The van der Waals surface area contributed by atoms with Crippen molar-refractivity contribution in [3.63, 3.8) is 0 Å². The van der Waals surface area contributed by atoms with E-state index in [0.717, 1.165) is 18.7 Å². The van der Waals surface area contributed by atoms with Gasteiger partial charge in [0.1, 0.15) is 6.04 Å². The number of anilines is 1. The number of hydrogen-bond donors (Lipinski definition) is 3. The predicted molar refractivity (Wildman–Crippen MR) is 115 cm³/mol. The Bertz CT molecular complexity index is 586. The number of hydrogen-bond acceptors (Lipinski definition) is 4. The molecule has 0 aromatic heterocycles. The van der Waals surface area contributed by atoms with E-state index in [9.17, 15) is 9.59 Å². The number of carbonyl (C=O) groups excluding carboxylic acids is 2. The maximum Gasteiger partial charge on any atom is 0.249 e. The molecule has 1 saturated heterocycles. The summed E-state index contributed by atoms with van der Waals surface area (Å²) in [6.45, 7) is 0.832. The minimum absolute atomic E-state index is 0.180. The van der Waals surface area contributed by atoms with Gasteiger partial charge in [-0.05, 0) is 49.9 Å². The number of benzene rings is 1. The van der Waals surface area contributed by atoms with Gasteiger partial charge in [0.2, 0.25) is 11.8 Å². The van der Waals surface area contributed by atoms with Crippen molar-refractivity contribution in [1.29, 1.82) is 0 Å². The zero-order chi connectivity index (χ0) is 20.0. The van der Waals surface area contributed by atoms with E-state index >= 15 is 0 Å². The first kappa shape index (κ1) is 22.4. The fraction of sp³-hybridized carbons (Fsp3) is 0.652. The van der Waals surface area contributed by atoms with Crippen LogP contribution in [0.2, 0.25) is 0 Å². The van der Waals surface area contributed by atoms with Gasteiger partial charge >= 0.3 is 0 Å². The summed E-state index contributed by atoms with van der Waals surface area (Å²) >= 11 is 0. The van der Waals surface area contributed by atoms with Crippen LogP contribution in [-0.2, 0) is 16.0 Å². The van der Waals surface area contributed by atoms with Crippen LogP contribution in [0.1, 0.15) is 82.6 Å². The fourth-order valence-electron chi connectivity index (χ4n) is 3.69. The number of aryl methyl sites for hydroxylation is 1. The maximum absolute atomic E-state index is 11.8. The van der Waals surface area contributed by atoms with E-state index in [1.54, 1.807) is 0 Å². The Morgan fingerprint density at radius 1 is 0.857 bits per heavy atom. The molecule has 0 aliphatic carbocycles. The lowest BCUT2D eigenvalue weighted by atomic mass is 10.0. The van der Waals surface area contributed by atoms with Crippen LogP contribution in [-0.4, -0.2) is 24.4 Å². The van der Waals surface area contributed by atoms with Gasteiger partial charge in [-0.1, -0.05) is 63.5 Å². The molecule has 28 heavy (non-hydrogen) atoms. The summed E-state index contributed by atoms with van der Waals surface area (Å²) in [5.74, 6) is -0.406. The lowest BCUT2D eigenvalue weighted by molar-refractivity contribution is -0.133. The van der Waals surface area contributed by atoms with Crippen molar-refractivity contribution in [1.82, 2.24) is 5.32 Å². The van der Waals surface area contributed by atoms with Crippen molar-refractivity contribution in [3.05, 3.63) is 29.8 Å². The first-order valence-corrected chi connectivity index (χ1v) is 11.1. The molecule has 156 valence electrons. The first-order valence-electron chi connectivity index (χ1n) is 11.1. The average molecular weight is 388 g/mol. The topological polar surface area (TPSA) is 84.2 Å². The van der Waals surface area contributed by atoms with Gasteiger partial charge in [0.25, 0.3) is 0 Å². The molecule has 1 aliphatic rings. The third-order valence-corrected chi connectivity index (χ3v) is 5.45. The van der Waals surface area contributed by atoms with E-state index < -0.39 is 0 Å². The van der Waals surface area contributed by atoms with Crippen molar-refractivity contribution in [2.75, 3.05) is 11.9 Å². The Hall–Kier alpha value is -1.88. The molecule has 1 aliphatic heterocycles. The highest BCUT2D eigenvalue weighted by Crippen LogP contribution is 2.17. The van der Waals surface area contributed by atoms with E-state index in [1.165, 1.54) is 69.8 Å². The molecule has 0 saturated carbocycles. The molecular formula is C23H37N3O2. The Kier molecular flexibility index (Phi) is 10.7. The summed E-state index contributed by atoms with van der Waals surface area (Å²) < 4.78 is 0. The molecule has 1 aromatic rings. The third-order valence-electron chi connectivity index (χ3n) is 5.45. The Morgan fingerprint density at radius 2 is 1.43 bits per heavy atom. The number of nitrogens with one attached hydrogen (secondary N) is 2. The van der Waals surface area contributed by atoms with Crippen LogP contribution in [0.15, 0.2) is 24.3 Å². The molecule has 1 unspecified atom stereocenters. The third kappa shape index (κ3) is 8.87. The van der Waals surface area contributed by atoms with Crippen LogP contribution in [0.4, 0.5) is 5.69 Å². The van der Waals surface area contributed by atoms with Crippen molar-refractivity contribution in [2.24, 2.45) is 5.73 Å². The second-order valence-electron chi connectivity index (χ2n) is 7.92. The van der Waals surface area contributed by atoms with Crippen molar-refractivity contribution < 1.29 is 9.59 Å². The quantitative estimate of drug-likeness (QED) is 0.328. The molecule has 0 spiro atoms. The monoisotopic (exact) mass is 387 g/mol. The van der Waals surface area contributed by atoms with E-state index in [0.29, 0.717) is 12.8 Å². The highest BCUT2D eigenvalue weighted by molar-refractivity contribution is 6.01. The minimum Gasteiger partial charge on any atom is -0.374 e. The minimum atomic E-state index is -0.316. The smallest absolute Gasteiger partial charge is 0.249 e. The van der Waals surface area contributed by atoms with Gasteiger partial charge in [-0.25, -0.2) is 0 Å². The van der Waals surface area contributed by atoms with Crippen LogP contribution in [0.25, 0.3) is 0 Å². The summed E-state index contributed by atoms with van der Waals surface area (Å²) in [7, 11) is 0. The largest absolute Gasteiger partial charge is 0.374 e. The van der Waals surface area contributed by atoms with Gasteiger partial charge < -0.3 is 11.1 Å². The molecule has 1 atom stereocenters. The number of carbonyl (C=O) groups is 2. The summed E-state index contributed by atoms with van der Waals surface area (Å²) in [5, 5.41) is 5.60. The summed E-state index contributed by atoms with van der Waals surface area (Å²) in [6.07, 6.45) is 15.2. The van der Waals surface area contributed by atoms with Gasteiger partial charge in [-0.15, -0.1) is 0 Å². The second kappa shape index (κ2) is 13.3. The van der Waals surface area contributed by atoms with E-state index in [2.05, 4.69) is 22.8 Å². The molecule has 2 rings (SSSR count). The number of rotatable bonds is 14. The van der Waals surface area contributed by atoms with Crippen molar-refractivity contribution in [3.8, 4) is 0 Å². The van der Waals surface area contributed by atoms with Crippen LogP contribution in [0.5, 0.6) is 0 Å². The highest BCUT2D eigenvalue weighted by Gasteiger charge is 2.26. The fourth-order valence-corrected chi connectivity index (χ4v) is 3.69. The molecular weight excluding hydrogens is 350 g/mol. The number of unbranched alkanes of at least 4 members (excludes halogenated alkanes) is 9. The molecule has 0 bridgehead atoms. The molecule has 1 heterocycles. The number of amides is 2. The van der Waals surface area contributed by atoms with E-state index in [1.807, 2.05) is 12.1 Å². The Balaban J connectivity index is 1.52. The standard InChI is InChI=1S/C23H37N3O2/c24-18-10-8-6-4-2-1-3-5-7-9-11-19-12-14-20(15-13-19)25-21-16-17-22(27)26-23(21)28/h12-15,21,25H,1-11,16-18,24H2,(H,26,27,28). The van der Waals surface area contributed by atoms with Crippen LogP contribution >= 0.6 is 0 Å². The second-order valence-corrected chi connectivity index (χ2v) is 7.92. The summed E-state index contributed by atoms with van der Waals surface area (Å²) in [4.78, 5) is 23.0. The normalized spacial score (nSPS) is 16.8. The van der Waals surface area contributed by atoms with Gasteiger partial charge in [-0.3, -0.25) is 14.9 Å². The van der Waals surface area contributed by atoms with Crippen molar-refractivity contribution in [2.45, 2.75) is 89.5 Å². The predicted octanol–water partition coefficient (Wildman–Crippen LogP) is 4.31. The van der Waals surface area contributed by atoms with Crippen LogP contribution < -0.4 is 16.4 Å². The van der Waals surface area contributed by atoms with Gasteiger partial charge in [-0.2, -0.15) is 0 Å². The summed E-state index contributed by atoms with van der Waals surface area (Å²) in [6, 6.07) is 8.02. The number of nitrogens with two attached hydrogens (primary N) is 1. The molecule has 5 nitrogen and oxygen atoms in total. The lowest BCUT2D eigenvalue weighted by Gasteiger charge is -2.22. The molecule has 1 fully saturated rings.